The van der Waals surface area contributed by atoms with Crippen molar-refractivity contribution in [2.24, 2.45) is 0 Å². The van der Waals surface area contributed by atoms with Crippen molar-refractivity contribution in [3.8, 4) is 11.5 Å². The second-order valence-corrected chi connectivity index (χ2v) is 7.13. The van der Waals surface area contributed by atoms with E-state index in [1.54, 1.807) is 0 Å². The van der Waals surface area contributed by atoms with Gasteiger partial charge in [0.1, 0.15) is 18.1 Å². The zero-order chi connectivity index (χ0) is 18.8. The standard InChI is InChI=1S/C20H24N4O3/c1-23(2)16-5-3-14(4-6-16)19-21-22-20(27-19)15-9-10-24(11-15)12-17-7-8-18(13-25)26-17/h3-8,15,25H,9-13H2,1-2H3/t15-/m0/s1. The van der Waals surface area contributed by atoms with Gasteiger partial charge in [0.2, 0.25) is 11.8 Å². The fourth-order valence-electron chi connectivity index (χ4n) is 3.41. The molecule has 142 valence electrons. The lowest BCUT2D eigenvalue weighted by Crippen LogP contribution is -2.19. The van der Waals surface area contributed by atoms with Crippen LogP contribution < -0.4 is 4.90 Å². The molecule has 7 heteroatoms. The molecule has 0 unspecified atom stereocenters. The summed E-state index contributed by atoms with van der Waals surface area (Å²) in [6.45, 7) is 2.47. The van der Waals surface area contributed by atoms with Crippen molar-refractivity contribution in [3.63, 3.8) is 0 Å². The molecular formula is C20H24N4O3. The van der Waals surface area contributed by atoms with Crippen molar-refractivity contribution in [3.05, 3.63) is 53.8 Å². The summed E-state index contributed by atoms with van der Waals surface area (Å²) in [4.78, 5) is 4.36. The summed E-state index contributed by atoms with van der Waals surface area (Å²) in [5.41, 5.74) is 2.06. The molecule has 1 N–H and O–H groups in total. The van der Waals surface area contributed by atoms with Crippen LogP contribution in [0.15, 0.2) is 45.2 Å². The second kappa shape index (κ2) is 7.54. The van der Waals surface area contributed by atoms with E-state index < -0.39 is 0 Å². The van der Waals surface area contributed by atoms with Crippen LogP contribution >= 0.6 is 0 Å². The van der Waals surface area contributed by atoms with E-state index in [1.807, 2.05) is 50.5 Å². The van der Waals surface area contributed by atoms with Gasteiger partial charge in [0.05, 0.1) is 12.5 Å². The Balaban J connectivity index is 1.40. The average Bonchev–Trinajstić information content (AvgIpc) is 3.42. The zero-order valence-corrected chi connectivity index (χ0v) is 15.6. The van der Waals surface area contributed by atoms with Crippen molar-refractivity contribution >= 4 is 5.69 Å². The highest BCUT2D eigenvalue weighted by Crippen LogP contribution is 2.30. The molecule has 3 aromatic rings. The molecule has 1 aliphatic heterocycles. The topological polar surface area (TPSA) is 78.8 Å². The lowest BCUT2D eigenvalue weighted by Gasteiger charge is -2.13. The molecule has 27 heavy (non-hydrogen) atoms. The molecule has 0 amide bonds. The number of hydrogen-bond acceptors (Lipinski definition) is 7. The van der Waals surface area contributed by atoms with Gasteiger partial charge in [0.15, 0.2) is 0 Å². The molecule has 2 aromatic heterocycles. The summed E-state index contributed by atoms with van der Waals surface area (Å²) in [5, 5.41) is 17.6. The quantitative estimate of drug-likeness (QED) is 0.717. The third kappa shape index (κ3) is 3.89. The summed E-state index contributed by atoms with van der Waals surface area (Å²) in [6, 6.07) is 11.8. The first-order valence-electron chi connectivity index (χ1n) is 9.14. The van der Waals surface area contributed by atoms with Crippen molar-refractivity contribution in [1.29, 1.82) is 0 Å². The van der Waals surface area contributed by atoms with Gasteiger partial charge in [-0.05, 0) is 49.4 Å². The first kappa shape index (κ1) is 17.8. The summed E-state index contributed by atoms with van der Waals surface area (Å²) >= 11 is 0. The van der Waals surface area contributed by atoms with Crippen LogP contribution in [-0.4, -0.2) is 47.4 Å². The summed E-state index contributed by atoms with van der Waals surface area (Å²) < 4.78 is 11.5. The van der Waals surface area contributed by atoms with Crippen LogP contribution in [0.5, 0.6) is 0 Å². The van der Waals surface area contributed by atoms with Crippen molar-refractivity contribution in [2.45, 2.75) is 25.5 Å². The van der Waals surface area contributed by atoms with Gasteiger partial charge in [-0.25, -0.2) is 0 Å². The molecule has 1 saturated heterocycles. The van der Waals surface area contributed by atoms with E-state index in [0.717, 1.165) is 43.1 Å². The molecule has 1 atom stereocenters. The molecule has 0 radical (unpaired) electrons. The maximum atomic E-state index is 9.10. The molecular weight excluding hydrogens is 344 g/mol. The number of anilines is 1. The molecule has 0 spiro atoms. The van der Waals surface area contributed by atoms with Gasteiger partial charge < -0.3 is 18.8 Å². The van der Waals surface area contributed by atoms with Crippen molar-refractivity contribution in [1.82, 2.24) is 15.1 Å². The number of nitrogens with zero attached hydrogens (tertiary/aromatic N) is 4. The number of furan rings is 1. The van der Waals surface area contributed by atoms with Crippen molar-refractivity contribution in [2.75, 3.05) is 32.1 Å². The zero-order valence-electron chi connectivity index (χ0n) is 15.6. The smallest absolute Gasteiger partial charge is 0.247 e. The fraction of sp³-hybridized carbons (Fsp3) is 0.400. The predicted octanol–water partition coefficient (Wildman–Crippen LogP) is 2.88. The molecule has 7 nitrogen and oxygen atoms in total. The Kier molecular flexibility index (Phi) is 4.96. The van der Waals surface area contributed by atoms with Gasteiger partial charge in [-0.3, -0.25) is 4.90 Å². The fourth-order valence-corrected chi connectivity index (χ4v) is 3.41. The Bertz CT molecular complexity index is 885. The highest BCUT2D eigenvalue weighted by Gasteiger charge is 2.29. The van der Waals surface area contributed by atoms with Crippen LogP contribution in [0, 0.1) is 0 Å². The first-order chi connectivity index (χ1) is 13.1. The van der Waals surface area contributed by atoms with E-state index in [2.05, 4.69) is 20.0 Å². The predicted molar refractivity (Wildman–Crippen MR) is 101 cm³/mol. The maximum Gasteiger partial charge on any atom is 0.247 e. The number of benzene rings is 1. The third-order valence-electron chi connectivity index (χ3n) is 4.95. The molecule has 4 rings (SSSR count). The minimum Gasteiger partial charge on any atom is -0.462 e. The SMILES string of the molecule is CN(C)c1ccc(-c2nnc([C@H]3CCN(Cc4ccc(CO)o4)C3)o2)cc1. The van der Waals surface area contributed by atoms with Crippen LogP contribution in [0.1, 0.15) is 29.7 Å². The van der Waals surface area contributed by atoms with Crippen LogP contribution in [0.3, 0.4) is 0 Å². The number of rotatable bonds is 6. The highest BCUT2D eigenvalue weighted by molar-refractivity contribution is 5.58. The normalized spacial score (nSPS) is 17.5. The molecule has 0 aliphatic carbocycles. The van der Waals surface area contributed by atoms with E-state index >= 15 is 0 Å². The Hall–Kier alpha value is -2.64. The van der Waals surface area contributed by atoms with Gasteiger partial charge in [-0.15, -0.1) is 10.2 Å². The Morgan fingerprint density at radius 2 is 1.85 bits per heavy atom. The Labute approximate surface area is 158 Å². The average molecular weight is 368 g/mol. The summed E-state index contributed by atoms with van der Waals surface area (Å²) in [5.74, 6) is 2.96. The van der Waals surface area contributed by atoms with Gasteiger partial charge in [0.25, 0.3) is 0 Å². The Morgan fingerprint density at radius 3 is 2.56 bits per heavy atom. The van der Waals surface area contributed by atoms with Crippen LogP contribution in [0.4, 0.5) is 5.69 Å². The molecule has 0 bridgehead atoms. The van der Waals surface area contributed by atoms with Crippen LogP contribution in [0.2, 0.25) is 0 Å². The monoisotopic (exact) mass is 368 g/mol. The highest BCUT2D eigenvalue weighted by atomic mass is 16.4. The number of aliphatic hydroxyl groups is 1. The number of aromatic nitrogens is 2. The van der Waals surface area contributed by atoms with Crippen LogP contribution in [0.25, 0.3) is 11.5 Å². The lowest BCUT2D eigenvalue weighted by molar-refractivity contribution is 0.231. The largest absolute Gasteiger partial charge is 0.462 e. The van der Waals surface area contributed by atoms with E-state index in [-0.39, 0.29) is 12.5 Å². The van der Waals surface area contributed by atoms with Gasteiger partial charge >= 0.3 is 0 Å². The number of likely N-dealkylation sites (tertiary alicyclic amines) is 1. The molecule has 3 heterocycles. The second-order valence-electron chi connectivity index (χ2n) is 7.13. The molecule has 1 fully saturated rings. The van der Waals surface area contributed by atoms with E-state index in [9.17, 15) is 0 Å². The van der Waals surface area contributed by atoms with E-state index in [4.69, 9.17) is 13.9 Å². The molecule has 1 aliphatic rings. The van der Waals surface area contributed by atoms with Gasteiger partial charge in [0, 0.05) is 31.9 Å². The van der Waals surface area contributed by atoms with Crippen molar-refractivity contribution < 1.29 is 13.9 Å². The van der Waals surface area contributed by atoms with Gasteiger partial charge in [-0.1, -0.05) is 0 Å². The first-order valence-corrected chi connectivity index (χ1v) is 9.14. The van der Waals surface area contributed by atoms with E-state index in [1.165, 1.54) is 0 Å². The lowest BCUT2D eigenvalue weighted by atomic mass is 10.1. The third-order valence-corrected chi connectivity index (χ3v) is 4.95. The van der Waals surface area contributed by atoms with E-state index in [0.29, 0.717) is 17.5 Å². The summed E-state index contributed by atoms with van der Waals surface area (Å²) in [7, 11) is 4.03. The Morgan fingerprint density at radius 1 is 1.07 bits per heavy atom. The minimum atomic E-state index is -0.0666. The maximum absolute atomic E-state index is 9.10. The summed E-state index contributed by atoms with van der Waals surface area (Å²) in [6.07, 6.45) is 0.981. The molecule has 0 saturated carbocycles. The minimum absolute atomic E-state index is 0.0666. The van der Waals surface area contributed by atoms with Gasteiger partial charge in [-0.2, -0.15) is 0 Å². The molecule has 1 aromatic carbocycles. The number of aliphatic hydroxyl groups excluding tert-OH is 1. The number of hydrogen-bond donors (Lipinski definition) is 1. The van der Waals surface area contributed by atoms with Crippen LogP contribution in [-0.2, 0) is 13.2 Å².